The van der Waals surface area contributed by atoms with E-state index in [1.165, 1.54) is 55.6 Å². The van der Waals surface area contributed by atoms with Crippen molar-refractivity contribution in [1.29, 1.82) is 0 Å². The Morgan fingerprint density at radius 2 is 0.969 bits per heavy atom. The summed E-state index contributed by atoms with van der Waals surface area (Å²) >= 11 is 0. The molecule has 1 aliphatic heterocycles. The number of rotatable bonds is 8. The number of ether oxygens (including phenoxy) is 1. The molecule has 1 spiro atoms. The summed E-state index contributed by atoms with van der Waals surface area (Å²) in [6.07, 6.45) is 6.45. The van der Waals surface area contributed by atoms with Crippen LogP contribution in [0.5, 0.6) is 11.5 Å². The van der Waals surface area contributed by atoms with Gasteiger partial charge in [-0.05, 0) is 98.5 Å². The second-order valence-electron chi connectivity index (χ2n) is 17.1. The molecule has 0 fully saturated rings. The van der Waals surface area contributed by atoms with Crippen molar-refractivity contribution in [2.75, 3.05) is 4.90 Å². The Morgan fingerprint density at radius 3 is 1.63 bits per heavy atom. The Morgan fingerprint density at radius 1 is 0.446 bits per heavy atom. The van der Waals surface area contributed by atoms with E-state index < -0.39 is 10.8 Å². The third kappa shape index (κ3) is 5.47. The van der Waals surface area contributed by atoms with Crippen molar-refractivity contribution in [2.45, 2.75) is 17.8 Å². The van der Waals surface area contributed by atoms with Crippen molar-refractivity contribution in [3.05, 3.63) is 299 Å². The van der Waals surface area contributed by atoms with E-state index in [9.17, 15) is 0 Å². The average molecular weight is 832 g/mol. The van der Waals surface area contributed by atoms with Crippen LogP contribution in [0, 0.1) is 0 Å². The minimum atomic E-state index is -0.683. The van der Waals surface area contributed by atoms with Gasteiger partial charge in [0.25, 0.3) is 0 Å². The molecule has 2 nitrogen and oxygen atoms in total. The molecule has 9 aromatic rings. The van der Waals surface area contributed by atoms with E-state index in [1.807, 2.05) is 0 Å². The number of fused-ring (bicyclic) bond motifs is 9. The smallest absolute Gasteiger partial charge is 0.156 e. The van der Waals surface area contributed by atoms with Gasteiger partial charge in [0.05, 0.1) is 22.2 Å². The molecule has 9 aromatic carbocycles. The van der Waals surface area contributed by atoms with Crippen molar-refractivity contribution in [3.63, 3.8) is 0 Å². The molecule has 0 bridgehead atoms. The van der Waals surface area contributed by atoms with Crippen LogP contribution in [0.25, 0.3) is 27.8 Å². The van der Waals surface area contributed by atoms with Gasteiger partial charge < -0.3 is 9.64 Å². The van der Waals surface area contributed by atoms with Crippen molar-refractivity contribution in [3.8, 4) is 33.8 Å². The van der Waals surface area contributed by atoms with Crippen molar-refractivity contribution in [1.82, 2.24) is 0 Å². The third-order valence-electron chi connectivity index (χ3n) is 13.9. The summed E-state index contributed by atoms with van der Waals surface area (Å²) in [6.45, 7) is 6.61. The maximum atomic E-state index is 7.37. The maximum Gasteiger partial charge on any atom is 0.156 e. The van der Waals surface area contributed by atoms with Gasteiger partial charge in [0, 0.05) is 22.4 Å². The lowest BCUT2D eigenvalue weighted by Gasteiger charge is -2.42. The highest BCUT2D eigenvalue weighted by Gasteiger charge is 2.52. The van der Waals surface area contributed by atoms with Crippen molar-refractivity contribution in [2.24, 2.45) is 0 Å². The zero-order valence-electron chi connectivity index (χ0n) is 36.2. The SMILES string of the molecule is C=CC1=C(/C=C\C)c2ccccc2C12c1ccccc1Oc1c(N(c3ccc(-c4ccccc4)cc3)c3cccc4c3-c3ccccc3C4(c3ccccc3)c3ccccc3)cccc12. The van der Waals surface area contributed by atoms with Gasteiger partial charge in [-0.15, -0.1) is 0 Å². The highest BCUT2D eigenvalue weighted by atomic mass is 16.5. The molecule has 308 valence electrons. The molecular formula is C63H45NO. The van der Waals surface area contributed by atoms with Crippen LogP contribution in [-0.4, -0.2) is 0 Å². The van der Waals surface area contributed by atoms with Crippen LogP contribution < -0.4 is 9.64 Å². The fourth-order valence-corrected chi connectivity index (χ4v) is 11.5. The molecule has 2 heteroatoms. The Hall–Kier alpha value is -8.20. The van der Waals surface area contributed by atoms with Crippen LogP contribution >= 0.6 is 0 Å². The minimum Gasteiger partial charge on any atom is -0.454 e. The predicted octanol–water partition coefficient (Wildman–Crippen LogP) is 16.2. The first-order chi connectivity index (χ1) is 32.2. The van der Waals surface area contributed by atoms with Gasteiger partial charge >= 0.3 is 0 Å². The van der Waals surface area contributed by atoms with Crippen molar-refractivity contribution >= 4 is 22.6 Å². The summed E-state index contributed by atoms with van der Waals surface area (Å²) < 4.78 is 7.37. The first kappa shape index (κ1) is 38.5. The lowest BCUT2D eigenvalue weighted by atomic mass is 9.65. The maximum absolute atomic E-state index is 7.37. The molecule has 1 unspecified atom stereocenters. The monoisotopic (exact) mass is 831 g/mol. The molecule has 1 heterocycles. The standard InChI is InChI=1S/C63H45NO/c1-3-22-48-49-29-14-16-31-52(49)63(51(48)4-2)54-33-18-19-38-59(54)65-61-56(63)35-21-37-58(61)64(47-41-39-44(40-42-47)43-23-8-5-9-24-43)57-36-20-34-55-60(57)50-30-15-17-32-53(50)62(55,45-25-10-6-11-26-45)46-27-12-7-13-28-46/h3-42H,2H2,1H3/b22-3-. The number of hydrogen-bond donors (Lipinski definition) is 0. The average Bonchev–Trinajstić information content (AvgIpc) is 3.83. The number of nitrogens with zero attached hydrogens (tertiary/aromatic N) is 1. The van der Waals surface area contributed by atoms with E-state index >= 15 is 0 Å². The number of allylic oxidation sites excluding steroid dienone is 5. The van der Waals surface area contributed by atoms with Gasteiger partial charge in [-0.25, -0.2) is 0 Å². The van der Waals surface area contributed by atoms with Gasteiger partial charge in [0.15, 0.2) is 5.75 Å². The highest BCUT2D eigenvalue weighted by molar-refractivity contribution is 6.00. The Balaban J connectivity index is 1.18. The minimum absolute atomic E-state index is 0.566. The molecule has 0 saturated heterocycles. The van der Waals surface area contributed by atoms with Crippen LogP contribution in [0.1, 0.15) is 51.4 Å². The lowest BCUT2D eigenvalue weighted by molar-refractivity contribution is 0.437. The Kier molecular flexibility index (Phi) is 9.03. The molecule has 65 heavy (non-hydrogen) atoms. The third-order valence-corrected chi connectivity index (χ3v) is 13.9. The van der Waals surface area contributed by atoms with Crippen LogP contribution in [0.2, 0.25) is 0 Å². The van der Waals surface area contributed by atoms with Gasteiger partial charge in [0.1, 0.15) is 5.75 Å². The fraction of sp³-hybridized carbons (Fsp3) is 0.0476. The summed E-state index contributed by atoms with van der Waals surface area (Å²) in [7, 11) is 0. The number of para-hydroxylation sites is 2. The summed E-state index contributed by atoms with van der Waals surface area (Å²) in [5.74, 6) is 1.65. The molecule has 0 aromatic heterocycles. The predicted molar refractivity (Wildman–Crippen MR) is 269 cm³/mol. The van der Waals surface area contributed by atoms with E-state index in [-0.39, 0.29) is 0 Å². The molecule has 0 amide bonds. The molecule has 1 atom stereocenters. The molecule has 12 rings (SSSR count). The van der Waals surface area contributed by atoms with Gasteiger partial charge in [-0.1, -0.05) is 219 Å². The lowest BCUT2D eigenvalue weighted by Crippen LogP contribution is -2.33. The molecule has 0 saturated carbocycles. The number of anilines is 3. The number of hydrogen-bond acceptors (Lipinski definition) is 2. The normalized spacial score (nSPS) is 16.0. The van der Waals surface area contributed by atoms with Gasteiger partial charge in [-0.3, -0.25) is 0 Å². The molecular weight excluding hydrogens is 787 g/mol. The Labute approximate surface area is 381 Å². The second kappa shape index (κ2) is 15.3. The van der Waals surface area contributed by atoms with Crippen LogP contribution in [0.15, 0.2) is 255 Å². The second-order valence-corrected chi connectivity index (χ2v) is 17.1. The quantitative estimate of drug-likeness (QED) is 0.151. The van der Waals surface area contributed by atoms with E-state index in [2.05, 4.69) is 261 Å². The first-order valence-corrected chi connectivity index (χ1v) is 22.5. The van der Waals surface area contributed by atoms with Gasteiger partial charge in [-0.2, -0.15) is 0 Å². The van der Waals surface area contributed by atoms with E-state index in [0.717, 1.165) is 50.8 Å². The van der Waals surface area contributed by atoms with Crippen LogP contribution in [0.3, 0.4) is 0 Å². The zero-order valence-corrected chi connectivity index (χ0v) is 36.2. The van der Waals surface area contributed by atoms with E-state index in [4.69, 9.17) is 4.74 Å². The topological polar surface area (TPSA) is 12.5 Å². The Bertz CT molecular complexity index is 3320. The first-order valence-electron chi connectivity index (χ1n) is 22.5. The molecule has 3 aliphatic rings. The molecule has 0 radical (unpaired) electrons. The fourth-order valence-electron chi connectivity index (χ4n) is 11.5. The van der Waals surface area contributed by atoms with Crippen LogP contribution in [0.4, 0.5) is 17.1 Å². The van der Waals surface area contributed by atoms with E-state index in [1.54, 1.807) is 0 Å². The zero-order chi connectivity index (χ0) is 43.5. The highest BCUT2D eigenvalue weighted by Crippen LogP contribution is 2.65. The van der Waals surface area contributed by atoms with Gasteiger partial charge in [0.2, 0.25) is 0 Å². The van der Waals surface area contributed by atoms with Crippen LogP contribution in [-0.2, 0) is 10.8 Å². The molecule has 2 aliphatic carbocycles. The summed E-state index contributed by atoms with van der Waals surface area (Å²) in [5.41, 5.74) is 18.4. The summed E-state index contributed by atoms with van der Waals surface area (Å²) in [5, 5.41) is 0. The number of benzene rings is 9. The summed E-state index contributed by atoms with van der Waals surface area (Å²) in [4.78, 5) is 2.45. The largest absolute Gasteiger partial charge is 0.454 e. The summed E-state index contributed by atoms with van der Waals surface area (Å²) in [6, 6.07) is 81.7. The van der Waals surface area contributed by atoms with Crippen molar-refractivity contribution < 1.29 is 4.74 Å². The van der Waals surface area contributed by atoms with E-state index in [0.29, 0.717) is 0 Å². The molecule has 0 N–H and O–H groups in total.